The summed E-state index contributed by atoms with van der Waals surface area (Å²) in [5, 5.41) is 7.90. The summed E-state index contributed by atoms with van der Waals surface area (Å²) in [7, 11) is 1.64. The Morgan fingerprint density at radius 3 is 2.61 bits per heavy atom. The largest absolute Gasteiger partial charge is 0.497 e. The van der Waals surface area contributed by atoms with Gasteiger partial charge in [0, 0.05) is 25.0 Å². The van der Waals surface area contributed by atoms with Crippen molar-refractivity contribution in [3.05, 3.63) is 60.0 Å². The summed E-state index contributed by atoms with van der Waals surface area (Å²) in [5.74, 6) is 2.69. The number of methoxy groups -OCH3 is 1. The van der Waals surface area contributed by atoms with E-state index in [0.29, 0.717) is 18.4 Å². The van der Waals surface area contributed by atoms with Crippen LogP contribution < -0.4 is 9.47 Å². The fourth-order valence-electron chi connectivity index (χ4n) is 2.25. The van der Waals surface area contributed by atoms with E-state index >= 15 is 0 Å². The van der Waals surface area contributed by atoms with Gasteiger partial charge in [0.25, 0.3) is 0 Å². The summed E-state index contributed by atoms with van der Waals surface area (Å²) in [6, 6.07) is 15.6. The average Bonchev–Trinajstić information content (AvgIpc) is 3.02. The van der Waals surface area contributed by atoms with Gasteiger partial charge in [-0.25, -0.2) is 0 Å². The maximum absolute atomic E-state index is 5.77. The van der Waals surface area contributed by atoms with Gasteiger partial charge in [-0.2, -0.15) is 0 Å². The molecule has 0 N–H and O–H groups in total. The van der Waals surface area contributed by atoms with E-state index in [-0.39, 0.29) is 0 Å². The molecule has 118 valence electrons. The van der Waals surface area contributed by atoms with Crippen molar-refractivity contribution >= 4 is 0 Å². The normalized spacial score (nSPS) is 10.5. The second kappa shape index (κ2) is 6.96. The molecule has 0 aliphatic carbocycles. The molecule has 3 rings (SSSR count). The Morgan fingerprint density at radius 2 is 1.83 bits per heavy atom. The first-order valence-corrected chi connectivity index (χ1v) is 7.41. The molecule has 0 saturated carbocycles. The minimum Gasteiger partial charge on any atom is -0.497 e. The zero-order valence-corrected chi connectivity index (χ0v) is 13.2. The van der Waals surface area contributed by atoms with Crippen LogP contribution in [0, 0.1) is 6.92 Å². The minimum atomic E-state index is 0.540. The quantitative estimate of drug-likeness (QED) is 0.695. The van der Waals surface area contributed by atoms with Crippen molar-refractivity contribution < 1.29 is 13.9 Å². The van der Waals surface area contributed by atoms with E-state index in [2.05, 4.69) is 16.3 Å². The third-order valence-corrected chi connectivity index (χ3v) is 3.40. The lowest BCUT2D eigenvalue weighted by Gasteiger charge is -2.08. The standard InChI is InChI=1S/C18H18N2O3/c1-13-19-20-18(23-13)15-6-3-5-14(11-15)9-10-22-17-8-4-7-16(12-17)21-2/h3-8,11-12H,9-10H2,1-2H3. The molecule has 5 heteroatoms. The van der Waals surface area contributed by atoms with Crippen molar-refractivity contribution in [1.29, 1.82) is 0 Å². The van der Waals surface area contributed by atoms with Gasteiger partial charge in [-0.3, -0.25) is 0 Å². The zero-order chi connectivity index (χ0) is 16.1. The van der Waals surface area contributed by atoms with E-state index < -0.39 is 0 Å². The maximum atomic E-state index is 5.77. The van der Waals surface area contributed by atoms with Crippen molar-refractivity contribution in [2.24, 2.45) is 0 Å². The van der Waals surface area contributed by atoms with Crippen LogP contribution in [0.4, 0.5) is 0 Å². The third kappa shape index (κ3) is 3.88. The molecule has 2 aromatic carbocycles. The molecule has 3 aromatic rings. The monoisotopic (exact) mass is 310 g/mol. The second-order valence-electron chi connectivity index (χ2n) is 5.10. The molecule has 0 atom stereocenters. The van der Waals surface area contributed by atoms with Crippen LogP contribution in [0.3, 0.4) is 0 Å². The van der Waals surface area contributed by atoms with Crippen LogP contribution in [0.2, 0.25) is 0 Å². The SMILES string of the molecule is COc1cccc(OCCc2cccc(-c3nnc(C)o3)c2)c1. The number of aryl methyl sites for hydroxylation is 1. The van der Waals surface area contributed by atoms with Crippen LogP contribution in [0.1, 0.15) is 11.5 Å². The number of ether oxygens (including phenoxy) is 2. The first-order chi connectivity index (χ1) is 11.2. The number of aromatic nitrogens is 2. The molecule has 5 nitrogen and oxygen atoms in total. The molecular formula is C18H18N2O3. The molecule has 0 radical (unpaired) electrons. The Hall–Kier alpha value is -2.82. The van der Waals surface area contributed by atoms with Crippen LogP contribution in [-0.4, -0.2) is 23.9 Å². The van der Waals surface area contributed by atoms with Gasteiger partial charge in [0.2, 0.25) is 11.8 Å². The predicted molar refractivity (Wildman–Crippen MR) is 86.7 cm³/mol. The van der Waals surface area contributed by atoms with Gasteiger partial charge < -0.3 is 13.9 Å². The van der Waals surface area contributed by atoms with Crippen molar-refractivity contribution in [3.8, 4) is 23.0 Å². The lowest BCUT2D eigenvalue weighted by Crippen LogP contribution is -2.01. The van der Waals surface area contributed by atoms with E-state index in [4.69, 9.17) is 13.9 Å². The number of benzene rings is 2. The Labute approximate surface area is 134 Å². The molecule has 0 bridgehead atoms. The second-order valence-corrected chi connectivity index (χ2v) is 5.10. The summed E-state index contributed by atoms with van der Waals surface area (Å²) in [4.78, 5) is 0. The zero-order valence-electron chi connectivity index (χ0n) is 13.2. The van der Waals surface area contributed by atoms with E-state index in [0.717, 1.165) is 29.0 Å². The average molecular weight is 310 g/mol. The first kappa shape index (κ1) is 15.1. The number of hydrogen-bond donors (Lipinski definition) is 0. The highest BCUT2D eigenvalue weighted by Crippen LogP contribution is 2.21. The summed E-state index contributed by atoms with van der Waals surface area (Å²) >= 11 is 0. The van der Waals surface area contributed by atoms with Gasteiger partial charge >= 0.3 is 0 Å². The fraction of sp³-hybridized carbons (Fsp3) is 0.222. The predicted octanol–water partition coefficient (Wildman–Crippen LogP) is 3.68. The molecule has 0 aliphatic heterocycles. The Morgan fingerprint density at radius 1 is 1.00 bits per heavy atom. The lowest BCUT2D eigenvalue weighted by molar-refractivity contribution is 0.319. The minimum absolute atomic E-state index is 0.540. The van der Waals surface area contributed by atoms with Gasteiger partial charge in [-0.05, 0) is 29.8 Å². The van der Waals surface area contributed by atoms with Gasteiger partial charge in [0.05, 0.1) is 13.7 Å². The van der Waals surface area contributed by atoms with Crippen molar-refractivity contribution in [2.75, 3.05) is 13.7 Å². The van der Waals surface area contributed by atoms with E-state index in [1.54, 1.807) is 14.0 Å². The lowest BCUT2D eigenvalue weighted by atomic mass is 10.1. The van der Waals surface area contributed by atoms with Crippen LogP contribution in [0.5, 0.6) is 11.5 Å². The Kier molecular flexibility index (Phi) is 4.57. The highest BCUT2D eigenvalue weighted by molar-refractivity contribution is 5.53. The van der Waals surface area contributed by atoms with Crippen LogP contribution >= 0.6 is 0 Å². The molecule has 0 saturated heterocycles. The molecule has 0 aliphatic rings. The van der Waals surface area contributed by atoms with E-state index in [9.17, 15) is 0 Å². The molecular weight excluding hydrogens is 292 g/mol. The topological polar surface area (TPSA) is 57.4 Å². The third-order valence-electron chi connectivity index (χ3n) is 3.40. The first-order valence-electron chi connectivity index (χ1n) is 7.41. The van der Waals surface area contributed by atoms with Gasteiger partial charge in [-0.15, -0.1) is 10.2 Å². The Bertz CT molecular complexity index is 783. The van der Waals surface area contributed by atoms with Crippen LogP contribution in [0.15, 0.2) is 52.9 Å². The fourth-order valence-corrected chi connectivity index (χ4v) is 2.25. The summed E-state index contributed by atoms with van der Waals surface area (Å²) in [6.45, 7) is 2.36. The van der Waals surface area contributed by atoms with E-state index in [1.165, 1.54) is 0 Å². The van der Waals surface area contributed by atoms with Gasteiger partial charge in [0.15, 0.2) is 0 Å². The molecule has 1 heterocycles. The van der Waals surface area contributed by atoms with Crippen molar-refractivity contribution in [1.82, 2.24) is 10.2 Å². The molecule has 0 spiro atoms. The van der Waals surface area contributed by atoms with Crippen molar-refractivity contribution in [2.45, 2.75) is 13.3 Å². The molecule has 23 heavy (non-hydrogen) atoms. The van der Waals surface area contributed by atoms with Crippen molar-refractivity contribution in [3.63, 3.8) is 0 Å². The molecule has 0 unspecified atom stereocenters. The summed E-state index contributed by atoms with van der Waals surface area (Å²) in [6.07, 6.45) is 0.790. The number of hydrogen-bond acceptors (Lipinski definition) is 5. The van der Waals surface area contributed by atoms with Gasteiger partial charge in [-0.1, -0.05) is 18.2 Å². The maximum Gasteiger partial charge on any atom is 0.247 e. The highest BCUT2D eigenvalue weighted by atomic mass is 16.5. The number of rotatable bonds is 6. The smallest absolute Gasteiger partial charge is 0.247 e. The molecule has 0 amide bonds. The Balaban J connectivity index is 1.62. The van der Waals surface area contributed by atoms with Crippen LogP contribution in [-0.2, 0) is 6.42 Å². The van der Waals surface area contributed by atoms with Crippen LogP contribution in [0.25, 0.3) is 11.5 Å². The summed E-state index contributed by atoms with van der Waals surface area (Å²) < 4.78 is 16.4. The highest BCUT2D eigenvalue weighted by Gasteiger charge is 2.06. The number of nitrogens with zero attached hydrogens (tertiary/aromatic N) is 2. The summed E-state index contributed by atoms with van der Waals surface area (Å²) in [5.41, 5.74) is 2.07. The van der Waals surface area contributed by atoms with Gasteiger partial charge in [0.1, 0.15) is 11.5 Å². The molecule has 0 fully saturated rings. The molecule has 1 aromatic heterocycles. The van der Waals surface area contributed by atoms with E-state index in [1.807, 2.05) is 42.5 Å².